The van der Waals surface area contributed by atoms with Crippen LogP contribution in [0.4, 0.5) is 0 Å². The van der Waals surface area contributed by atoms with E-state index in [1.807, 2.05) is 0 Å². The molecule has 69 heavy (non-hydrogen) atoms. The maximum Gasteiger partial charge on any atom is 0.147 e. The molecule has 0 amide bonds. The van der Waals surface area contributed by atoms with Crippen molar-refractivity contribution in [3.8, 4) is 89.4 Å². The number of benzene rings is 10. The summed E-state index contributed by atoms with van der Waals surface area (Å²) in [5.41, 5.74) is 24.9. The van der Waals surface area contributed by atoms with Crippen LogP contribution in [0.2, 0.25) is 0 Å². The van der Waals surface area contributed by atoms with Gasteiger partial charge in [-0.25, -0.2) is 0 Å². The second-order valence-corrected chi connectivity index (χ2v) is 20.1. The molecule has 13 rings (SSSR count). The Morgan fingerprint density at radius 2 is 0.725 bits per heavy atom. The molecule has 0 bridgehead atoms. The lowest BCUT2D eigenvalue weighted by Crippen LogP contribution is -2.15. The number of ether oxygens (including phenoxy) is 1. The van der Waals surface area contributed by atoms with Crippen molar-refractivity contribution in [3.63, 3.8) is 0 Å². The lowest BCUT2D eigenvalue weighted by molar-refractivity contribution is 0.480. The minimum atomic E-state index is -0.142. The van der Waals surface area contributed by atoms with Crippen LogP contribution < -0.4 is 4.74 Å². The lowest BCUT2D eigenvalue weighted by atomic mass is 9.81. The first kappa shape index (κ1) is 41.0. The van der Waals surface area contributed by atoms with Crippen LogP contribution in [0.5, 0.6) is 11.5 Å². The molecule has 330 valence electrons. The number of hydrogen-bond acceptors (Lipinski definition) is 2. The first-order valence-corrected chi connectivity index (χ1v) is 24.1. The minimum Gasteiger partial charge on any atom is -0.456 e. The Morgan fingerprint density at radius 3 is 1.19 bits per heavy atom. The van der Waals surface area contributed by atoms with Crippen molar-refractivity contribution in [1.82, 2.24) is 0 Å². The zero-order chi connectivity index (χ0) is 46.6. The van der Waals surface area contributed by atoms with Crippen molar-refractivity contribution in [2.45, 2.75) is 45.4 Å². The van der Waals surface area contributed by atoms with Crippen LogP contribution >= 0.6 is 0 Å². The molecule has 0 radical (unpaired) electrons. The maximum absolute atomic E-state index is 6.94. The second-order valence-electron chi connectivity index (χ2n) is 20.1. The first-order chi connectivity index (χ1) is 33.6. The van der Waals surface area contributed by atoms with Gasteiger partial charge in [0, 0.05) is 21.6 Å². The van der Waals surface area contributed by atoms with E-state index in [4.69, 9.17) is 9.15 Å². The fourth-order valence-corrected chi connectivity index (χ4v) is 11.5. The van der Waals surface area contributed by atoms with Crippen LogP contribution in [0.15, 0.2) is 217 Å². The number of aryl methyl sites for hydroxylation is 1. The largest absolute Gasteiger partial charge is 0.456 e. The summed E-state index contributed by atoms with van der Waals surface area (Å²) >= 11 is 0. The lowest BCUT2D eigenvalue weighted by Gasteiger charge is -2.22. The van der Waals surface area contributed by atoms with Crippen molar-refractivity contribution in [1.29, 1.82) is 0 Å². The van der Waals surface area contributed by atoms with Gasteiger partial charge in [0.15, 0.2) is 0 Å². The van der Waals surface area contributed by atoms with Gasteiger partial charge in [0.1, 0.15) is 22.7 Å². The molecule has 2 nitrogen and oxygen atoms in total. The van der Waals surface area contributed by atoms with Gasteiger partial charge in [0.25, 0.3) is 0 Å². The third-order valence-corrected chi connectivity index (χ3v) is 15.3. The van der Waals surface area contributed by atoms with Crippen LogP contribution in [-0.4, -0.2) is 0 Å². The highest BCUT2D eigenvalue weighted by Gasteiger charge is 2.37. The molecule has 1 heterocycles. The molecular weight excluding hydrogens is 837 g/mol. The van der Waals surface area contributed by atoms with Crippen LogP contribution in [0.25, 0.3) is 99.8 Å². The molecule has 0 aliphatic heterocycles. The Labute approximate surface area is 404 Å². The topological polar surface area (TPSA) is 22.4 Å². The van der Waals surface area contributed by atoms with Gasteiger partial charge >= 0.3 is 0 Å². The van der Waals surface area contributed by atoms with Crippen molar-refractivity contribution in [2.24, 2.45) is 0 Å². The summed E-state index contributed by atoms with van der Waals surface area (Å²) in [6.45, 7) is 11.6. The Bertz CT molecular complexity index is 3830. The van der Waals surface area contributed by atoms with E-state index in [1.165, 1.54) is 77.9 Å². The number of rotatable bonds is 7. The molecule has 0 saturated heterocycles. The summed E-state index contributed by atoms with van der Waals surface area (Å²) in [5, 5.41) is 2.16. The molecule has 2 aliphatic carbocycles. The zero-order valence-electron chi connectivity index (χ0n) is 39.5. The molecule has 0 unspecified atom stereocenters. The summed E-state index contributed by atoms with van der Waals surface area (Å²) in [4.78, 5) is 0. The van der Waals surface area contributed by atoms with Crippen molar-refractivity contribution >= 4 is 21.9 Å². The molecule has 10 aromatic carbocycles. The predicted molar refractivity (Wildman–Crippen MR) is 287 cm³/mol. The van der Waals surface area contributed by atoms with Gasteiger partial charge in [0.2, 0.25) is 0 Å². The standard InChI is InChI=1S/C67H50O2/c1-41-35-57-56-36-46(50-26-33-55-53-31-24-48(43-17-11-7-12-18-43)38-59(53)67(4,5)61(55)40-50)27-34-62(56)69-65(57)63(45-19-13-8-14-20-45)64(41)68-51-28-21-44(22-29-51)49-25-32-54-52-30-23-47(42-15-9-6-10-16-42)37-58(52)66(2,3)60(54)39-49/h6-40H,1-5H3. The van der Waals surface area contributed by atoms with Gasteiger partial charge in [-0.05, 0) is 162 Å². The fraction of sp³-hybridized carbons (Fsp3) is 0.104. The molecule has 0 fully saturated rings. The van der Waals surface area contributed by atoms with E-state index in [-0.39, 0.29) is 10.8 Å². The van der Waals surface area contributed by atoms with Gasteiger partial charge in [-0.1, -0.05) is 185 Å². The molecule has 0 saturated carbocycles. The monoisotopic (exact) mass is 886 g/mol. The normalized spacial score (nSPS) is 13.8. The predicted octanol–water partition coefficient (Wildman–Crippen LogP) is 18.6. The molecule has 0 spiro atoms. The van der Waals surface area contributed by atoms with Gasteiger partial charge in [-0.3, -0.25) is 0 Å². The van der Waals surface area contributed by atoms with Crippen molar-refractivity contribution in [3.05, 3.63) is 240 Å². The van der Waals surface area contributed by atoms with Gasteiger partial charge in [-0.15, -0.1) is 0 Å². The summed E-state index contributed by atoms with van der Waals surface area (Å²) < 4.78 is 13.8. The van der Waals surface area contributed by atoms with Gasteiger partial charge < -0.3 is 9.15 Å². The van der Waals surface area contributed by atoms with Crippen LogP contribution in [-0.2, 0) is 10.8 Å². The SMILES string of the molecule is Cc1cc2c(oc3ccc(-c4ccc5c(c4)C(C)(C)c4cc(-c6ccccc6)ccc4-5)cc32)c(-c2ccccc2)c1Oc1ccc(-c2ccc3c(c2)C(C)(C)c2cc(-c4ccccc4)ccc2-3)cc1. The molecule has 2 heteroatoms. The van der Waals surface area contributed by atoms with Crippen LogP contribution in [0.1, 0.15) is 55.5 Å². The molecule has 1 aromatic heterocycles. The zero-order valence-corrected chi connectivity index (χ0v) is 39.5. The summed E-state index contributed by atoms with van der Waals surface area (Å²) in [6, 6.07) is 77.2. The van der Waals surface area contributed by atoms with Crippen LogP contribution in [0.3, 0.4) is 0 Å². The number of fused-ring (bicyclic) bond motifs is 9. The quantitative estimate of drug-likeness (QED) is 0.159. The van der Waals surface area contributed by atoms with E-state index in [9.17, 15) is 0 Å². The average molecular weight is 887 g/mol. The molecule has 2 aliphatic rings. The Morgan fingerprint density at radius 1 is 0.348 bits per heavy atom. The first-order valence-electron chi connectivity index (χ1n) is 24.1. The molecule has 0 N–H and O–H groups in total. The van der Waals surface area contributed by atoms with Gasteiger partial charge in [0.05, 0.1) is 5.56 Å². The highest BCUT2D eigenvalue weighted by Crippen LogP contribution is 2.53. The summed E-state index contributed by atoms with van der Waals surface area (Å²) in [6.07, 6.45) is 0. The molecule has 11 aromatic rings. The van der Waals surface area contributed by atoms with E-state index in [0.717, 1.165) is 61.3 Å². The molecule has 0 atom stereocenters. The van der Waals surface area contributed by atoms with Crippen LogP contribution in [0, 0.1) is 6.92 Å². The average Bonchev–Trinajstić information content (AvgIpc) is 3.95. The molecular formula is C67H50O2. The van der Waals surface area contributed by atoms with Gasteiger partial charge in [-0.2, -0.15) is 0 Å². The van der Waals surface area contributed by atoms with E-state index in [0.29, 0.717) is 0 Å². The smallest absolute Gasteiger partial charge is 0.147 e. The Balaban J connectivity index is 0.826. The number of hydrogen-bond donors (Lipinski definition) is 0. The van der Waals surface area contributed by atoms with E-state index in [1.54, 1.807) is 0 Å². The highest BCUT2D eigenvalue weighted by atomic mass is 16.5. The Kier molecular flexibility index (Phi) is 9.17. The van der Waals surface area contributed by atoms with E-state index >= 15 is 0 Å². The maximum atomic E-state index is 6.94. The third kappa shape index (κ3) is 6.54. The Hall–Kier alpha value is -8.20. The van der Waals surface area contributed by atoms with E-state index in [2.05, 4.69) is 247 Å². The minimum absolute atomic E-state index is 0.128. The van der Waals surface area contributed by atoms with Crippen molar-refractivity contribution < 1.29 is 9.15 Å². The highest BCUT2D eigenvalue weighted by molar-refractivity contribution is 6.12. The third-order valence-electron chi connectivity index (χ3n) is 15.3. The van der Waals surface area contributed by atoms with E-state index < -0.39 is 0 Å². The fourth-order valence-electron chi connectivity index (χ4n) is 11.5. The summed E-state index contributed by atoms with van der Waals surface area (Å²) in [7, 11) is 0. The summed E-state index contributed by atoms with van der Waals surface area (Å²) in [5.74, 6) is 1.57. The van der Waals surface area contributed by atoms with Crippen molar-refractivity contribution in [2.75, 3.05) is 0 Å². The second kappa shape index (κ2) is 15.4. The number of furan rings is 1.